The summed E-state index contributed by atoms with van der Waals surface area (Å²) in [6.07, 6.45) is -0.803. The maximum Gasteiger partial charge on any atom is 0.162 e. The second-order valence-electron chi connectivity index (χ2n) is 5.77. The van der Waals surface area contributed by atoms with E-state index in [-0.39, 0.29) is 0 Å². The minimum absolute atomic E-state index is 0.430. The van der Waals surface area contributed by atoms with Gasteiger partial charge < -0.3 is 14.6 Å². The minimum atomic E-state index is -0.803. The van der Waals surface area contributed by atoms with Crippen molar-refractivity contribution in [2.24, 2.45) is 0 Å². The molecule has 1 N–H and O–H groups in total. The summed E-state index contributed by atoms with van der Waals surface area (Å²) in [5.41, 5.74) is 2.84. The van der Waals surface area contributed by atoms with Crippen LogP contribution in [0.3, 0.4) is 0 Å². The molecule has 0 saturated carbocycles. The van der Waals surface area contributed by atoms with Gasteiger partial charge in [-0.15, -0.1) is 0 Å². The molecule has 3 rings (SSSR count). The predicted octanol–water partition coefficient (Wildman–Crippen LogP) is 4.71. The Morgan fingerprint density at radius 2 is 1.24 bits per heavy atom. The van der Waals surface area contributed by atoms with Crippen molar-refractivity contribution in [1.82, 2.24) is 0 Å². The van der Waals surface area contributed by atoms with Crippen molar-refractivity contribution in [2.45, 2.75) is 19.3 Å². The molecule has 0 bridgehead atoms. The van der Waals surface area contributed by atoms with Gasteiger partial charge in [0.05, 0.1) is 6.10 Å². The van der Waals surface area contributed by atoms with Gasteiger partial charge in [0.1, 0.15) is 13.2 Å². The third-order valence-electron chi connectivity index (χ3n) is 3.83. The predicted molar refractivity (Wildman–Crippen MR) is 98.3 cm³/mol. The van der Waals surface area contributed by atoms with E-state index in [1.54, 1.807) is 12.1 Å². The van der Waals surface area contributed by atoms with Gasteiger partial charge in [-0.3, -0.25) is 0 Å². The van der Waals surface area contributed by atoms with Gasteiger partial charge in [-0.25, -0.2) is 0 Å². The lowest BCUT2D eigenvalue weighted by molar-refractivity contribution is 0.222. The summed E-state index contributed by atoms with van der Waals surface area (Å²) in [6.45, 7) is 4.53. The Balaban J connectivity index is 1.76. The van der Waals surface area contributed by atoms with Gasteiger partial charge in [-0.2, -0.15) is 0 Å². The van der Waals surface area contributed by atoms with E-state index >= 15 is 0 Å². The molecule has 0 amide bonds. The van der Waals surface area contributed by atoms with E-state index in [9.17, 15) is 5.11 Å². The number of hydrogen-bond donors (Lipinski definition) is 1. The zero-order chi connectivity index (χ0) is 17.5. The van der Waals surface area contributed by atoms with Crippen LogP contribution in [0.25, 0.3) is 0 Å². The smallest absolute Gasteiger partial charge is 0.162 e. The number of benzene rings is 3. The average Bonchev–Trinajstić information content (AvgIpc) is 2.66. The molecule has 0 aliphatic heterocycles. The van der Waals surface area contributed by atoms with Crippen LogP contribution in [0.15, 0.2) is 78.9 Å². The number of hydrogen-bond acceptors (Lipinski definition) is 3. The van der Waals surface area contributed by atoms with Crippen molar-refractivity contribution >= 4 is 0 Å². The highest BCUT2D eigenvalue weighted by atomic mass is 16.5. The standard InChI is InChI=1S/C22H21O3/c1-17(23)20-12-13-21(24-15-18-8-4-2-5-9-18)22(14-20)25-16-19-10-6-3-7-11-19/h2-14,17,23H,1,15-16H2/t17-/m1/s1. The highest BCUT2D eigenvalue weighted by Crippen LogP contribution is 2.32. The molecule has 3 aromatic carbocycles. The van der Waals surface area contributed by atoms with Crippen molar-refractivity contribution in [1.29, 1.82) is 0 Å². The van der Waals surface area contributed by atoms with Gasteiger partial charge in [0.25, 0.3) is 0 Å². The molecule has 127 valence electrons. The molecule has 0 aromatic heterocycles. The molecule has 0 unspecified atom stereocenters. The Labute approximate surface area is 148 Å². The molecule has 0 fully saturated rings. The first-order valence-corrected chi connectivity index (χ1v) is 8.21. The zero-order valence-corrected chi connectivity index (χ0v) is 14.0. The first-order valence-electron chi connectivity index (χ1n) is 8.21. The quantitative estimate of drug-likeness (QED) is 0.680. The van der Waals surface area contributed by atoms with E-state index in [1.807, 2.05) is 66.7 Å². The fourth-order valence-corrected chi connectivity index (χ4v) is 2.43. The van der Waals surface area contributed by atoms with E-state index in [0.717, 1.165) is 11.1 Å². The Morgan fingerprint density at radius 1 is 0.720 bits per heavy atom. The lowest BCUT2D eigenvalue weighted by atomic mass is 10.1. The second kappa shape index (κ2) is 8.36. The van der Waals surface area contributed by atoms with E-state index in [4.69, 9.17) is 9.47 Å². The van der Waals surface area contributed by atoms with E-state index < -0.39 is 6.10 Å². The summed E-state index contributed by atoms with van der Waals surface area (Å²) >= 11 is 0. The van der Waals surface area contributed by atoms with Crippen LogP contribution in [-0.4, -0.2) is 5.11 Å². The van der Waals surface area contributed by atoms with Crippen LogP contribution >= 0.6 is 0 Å². The first kappa shape index (κ1) is 17.1. The molecular weight excluding hydrogens is 312 g/mol. The lowest BCUT2D eigenvalue weighted by Crippen LogP contribution is -2.02. The molecule has 1 radical (unpaired) electrons. The van der Waals surface area contributed by atoms with Crippen LogP contribution in [0.5, 0.6) is 11.5 Å². The van der Waals surface area contributed by atoms with E-state index in [2.05, 4.69) is 6.92 Å². The van der Waals surface area contributed by atoms with Crippen molar-refractivity contribution < 1.29 is 14.6 Å². The highest BCUT2D eigenvalue weighted by molar-refractivity contribution is 5.44. The minimum Gasteiger partial charge on any atom is -0.485 e. The number of aliphatic hydroxyl groups is 1. The van der Waals surface area contributed by atoms with Gasteiger partial charge >= 0.3 is 0 Å². The van der Waals surface area contributed by atoms with Gasteiger partial charge in [0.15, 0.2) is 11.5 Å². The molecular formula is C22H21O3. The molecule has 0 saturated heterocycles. The molecule has 0 aliphatic rings. The Morgan fingerprint density at radius 3 is 1.76 bits per heavy atom. The summed E-state index contributed by atoms with van der Waals surface area (Å²) in [6, 6.07) is 25.3. The van der Waals surface area contributed by atoms with E-state index in [1.165, 1.54) is 0 Å². The van der Waals surface area contributed by atoms with Crippen molar-refractivity contribution in [3.63, 3.8) is 0 Å². The molecule has 0 heterocycles. The largest absolute Gasteiger partial charge is 0.485 e. The number of ether oxygens (including phenoxy) is 2. The van der Waals surface area contributed by atoms with Crippen LogP contribution in [0.4, 0.5) is 0 Å². The van der Waals surface area contributed by atoms with E-state index in [0.29, 0.717) is 30.3 Å². The molecule has 25 heavy (non-hydrogen) atoms. The third-order valence-corrected chi connectivity index (χ3v) is 3.83. The third kappa shape index (κ3) is 4.85. The molecule has 3 aromatic rings. The molecule has 3 nitrogen and oxygen atoms in total. The van der Waals surface area contributed by atoms with Gasteiger partial charge in [-0.1, -0.05) is 66.7 Å². The van der Waals surface area contributed by atoms with Gasteiger partial charge in [-0.05, 0) is 35.7 Å². The Hall–Kier alpha value is -2.78. The summed E-state index contributed by atoms with van der Waals surface area (Å²) < 4.78 is 11.9. The maximum atomic E-state index is 9.72. The first-order chi connectivity index (χ1) is 12.2. The van der Waals surface area contributed by atoms with Crippen LogP contribution in [0.2, 0.25) is 0 Å². The summed E-state index contributed by atoms with van der Waals surface area (Å²) in [7, 11) is 0. The summed E-state index contributed by atoms with van der Waals surface area (Å²) in [5, 5.41) is 9.72. The van der Waals surface area contributed by atoms with Gasteiger partial charge in [0.2, 0.25) is 0 Å². The normalized spacial score (nSPS) is 11.8. The topological polar surface area (TPSA) is 38.7 Å². The summed E-state index contributed by atoms with van der Waals surface area (Å²) in [4.78, 5) is 0. The lowest BCUT2D eigenvalue weighted by Gasteiger charge is -2.15. The van der Waals surface area contributed by atoms with Gasteiger partial charge in [0, 0.05) is 0 Å². The number of aliphatic hydroxyl groups excluding tert-OH is 1. The fourth-order valence-electron chi connectivity index (χ4n) is 2.43. The van der Waals surface area contributed by atoms with Crippen molar-refractivity contribution in [3.8, 4) is 11.5 Å². The number of rotatable bonds is 7. The van der Waals surface area contributed by atoms with Crippen LogP contribution in [0.1, 0.15) is 22.8 Å². The zero-order valence-electron chi connectivity index (χ0n) is 14.0. The molecule has 0 spiro atoms. The Bertz CT molecular complexity index is 783. The van der Waals surface area contributed by atoms with Crippen LogP contribution < -0.4 is 9.47 Å². The molecule has 1 atom stereocenters. The molecule has 3 heteroatoms. The Kier molecular flexibility index (Phi) is 5.70. The maximum absolute atomic E-state index is 9.72. The SMILES string of the molecule is [CH2][C@@H](O)c1ccc(OCc2ccccc2)c(OCc2ccccc2)c1. The van der Waals surface area contributed by atoms with Crippen molar-refractivity contribution in [3.05, 3.63) is 102 Å². The van der Waals surface area contributed by atoms with Crippen LogP contribution in [0, 0.1) is 6.92 Å². The summed E-state index contributed by atoms with van der Waals surface area (Å²) in [5.74, 6) is 1.24. The molecule has 0 aliphatic carbocycles. The second-order valence-corrected chi connectivity index (χ2v) is 5.77. The monoisotopic (exact) mass is 333 g/mol. The average molecular weight is 333 g/mol. The van der Waals surface area contributed by atoms with Crippen molar-refractivity contribution in [2.75, 3.05) is 0 Å². The van der Waals surface area contributed by atoms with Crippen LogP contribution in [-0.2, 0) is 13.2 Å². The highest BCUT2D eigenvalue weighted by Gasteiger charge is 2.10. The fraction of sp³-hybridized carbons (Fsp3) is 0.136.